The maximum absolute atomic E-state index is 5.75. The molecule has 3 nitrogen and oxygen atoms in total. The van der Waals surface area contributed by atoms with Crippen molar-refractivity contribution in [3.8, 4) is 0 Å². The fourth-order valence-electron chi connectivity index (χ4n) is 1.99. The van der Waals surface area contributed by atoms with Crippen LogP contribution in [0.5, 0.6) is 0 Å². The Morgan fingerprint density at radius 3 is 3.29 bits per heavy atom. The minimum Gasteiger partial charge on any atom is -0.459 e. The molecule has 1 aliphatic rings. The van der Waals surface area contributed by atoms with Crippen LogP contribution >= 0.6 is 0 Å². The first-order chi connectivity index (χ1) is 6.93. The molecule has 0 bridgehead atoms. The Hall–Kier alpha value is -1.35. The molecular formula is C11H12N2O. The minimum absolute atomic E-state index is 0.532. The van der Waals surface area contributed by atoms with Crippen molar-refractivity contribution < 1.29 is 4.42 Å². The number of nitrogens with one attached hydrogen (secondary N) is 1. The molecule has 3 rings (SSSR count). The molecule has 1 atom stereocenters. The van der Waals surface area contributed by atoms with Gasteiger partial charge in [0.25, 0.3) is 0 Å². The van der Waals surface area contributed by atoms with E-state index in [-0.39, 0.29) is 0 Å². The van der Waals surface area contributed by atoms with Crippen LogP contribution in [-0.2, 0) is 0 Å². The van der Waals surface area contributed by atoms with Gasteiger partial charge in [-0.15, -0.1) is 0 Å². The summed E-state index contributed by atoms with van der Waals surface area (Å²) < 4.78 is 5.75. The molecule has 1 saturated heterocycles. The lowest BCUT2D eigenvalue weighted by atomic mass is 10.1. The molecule has 0 spiro atoms. The van der Waals surface area contributed by atoms with Gasteiger partial charge in [0.05, 0.1) is 0 Å². The van der Waals surface area contributed by atoms with Crippen molar-refractivity contribution in [3.05, 3.63) is 30.2 Å². The molecule has 0 radical (unpaired) electrons. The summed E-state index contributed by atoms with van der Waals surface area (Å²) in [4.78, 5) is 4.26. The number of nitrogens with zero attached hydrogens (tertiary/aromatic N) is 1. The molecule has 0 saturated carbocycles. The first-order valence-electron chi connectivity index (χ1n) is 4.99. The van der Waals surface area contributed by atoms with E-state index in [0.29, 0.717) is 5.92 Å². The fraction of sp³-hybridized carbons (Fsp3) is 0.364. The van der Waals surface area contributed by atoms with Crippen LogP contribution in [0.15, 0.2) is 28.8 Å². The molecule has 72 valence electrons. The van der Waals surface area contributed by atoms with Crippen LogP contribution in [-0.4, -0.2) is 18.1 Å². The van der Waals surface area contributed by atoms with Crippen molar-refractivity contribution in [2.75, 3.05) is 13.1 Å². The van der Waals surface area contributed by atoms with Gasteiger partial charge in [-0.05, 0) is 25.1 Å². The van der Waals surface area contributed by atoms with Gasteiger partial charge in [0.2, 0.25) is 0 Å². The van der Waals surface area contributed by atoms with Gasteiger partial charge in [-0.2, -0.15) is 0 Å². The summed E-state index contributed by atoms with van der Waals surface area (Å²) in [5.41, 5.74) is 1.86. The van der Waals surface area contributed by atoms with Crippen molar-refractivity contribution >= 4 is 11.1 Å². The normalized spacial score (nSPS) is 21.9. The molecule has 1 aliphatic heterocycles. The molecule has 1 N–H and O–H groups in total. The van der Waals surface area contributed by atoms with Gasteiger partial charge in [-0.25, -0.2) is 0 Å². The summed E-state index contributed by atoms with van der Waals surface area (Å²) in [6.45, 7) is 2.12. The molecule has 3 heteroatoms. The van der Waals surface area contributed by atoms with Gasteiger partial charge in [0, 0.05) is 24.7 Å². The van der Waals surface area contributed by atoms with Gasteiger partial charge < -0.3 is 9.73 Å². The van der Waals surface area contributed by atoms with E-state index in [1.54, 1.807) is 6.20 Å². The van der Waals surface area contributed by atoms with Crippen LogP contribution in [0.4, 0.5) is 0 Å². The summed E-state index contributed by atoms with van der Waals surface area (Å²) in [6, 6.07) is 5.93. The maximum Gasteiger partial charge on any atom is 0.152 e. The topological polar surface area (TPSA) is 38.1 Å². The van der Waals surface area contributed by atoms with Crippen molar-refractivity contribution in [1.82, 2.24) is 10.3 Å². The average Bonchev–Trinajstić information content (AvgIpc) is 2.86. The minimum atomic E-state index is 0.532. The van der Waals surface area contributed by atoms with Crippen molar-refractivity contribution in [2.24, 2.45) is 0 Å². The second kappa shape index (κ2) is 3.10. The predicted molar refractivity (Wildman–Crippen MR) is 54.2 cm³/mol. The maximum atomic E-state index is 5.75. The zero-order chi connectivity index (χ0) is 9.38. The highest BCUT2D eigenvalue weighted by atomic mass is 16.3. The quantitative estimate of drug-likeness (QED) is 0.742. The number of hydrogen-bond acceptors (Lipinski definition) is 3. The fourth-order valence-corrected chi connectivity index (χ4v) is 1.99. The third-order valence-electron chi connectivity index (χ3n) is 2.77. The summed E-state index contributed by atoms with van der Waals surface area (Å²) in [6.07, 6.45) is 2.97. The third-order valence-corrected chi connectivity index (χ3v) is 2.77. The summed E-state index contributed by atoms with van der Waals surface area (Å²) in [5.74, 6) is 1.60. The Labute approximate surface area is 82.1 Å². The van der Waals surface area contributed by atoms with Gasteiger partial charge in [0.15, 0.2) is 5.58 Å². The highest BCUT2D eigenvalue weighted by Gasteiger charge is 2.20. The van der Waals surface area contributed by atoms with E-state index >= 15 is 0 Å². The first kappa shape index (κ1) is 8.00. The predicted octanol–water partition coefficient (Wildman–Crippen LogP) is 1.90. The number of pyridine rings is 1. The van der Waals surface area contributed by atoms with Crippen LogP contribution in [0.25, 0.3) is 11.1 Å². The van der Waals surface area contributed by atoms with Gasteiger partial charge in [-0.3, -0.25) is 4.98 Å². The van der Waals surface area contributed by atoms with Crippen LogP contribution in [0, 0.1) is 0 Å². The summed E-state index contributed by atoms with van der Waals surface area (Å²) >= 11 is 0. The summed E-state index contributed by atoms with van der Waals surface area (Å²) in [5, 5.41) is 3.33. The molecule has 0 aliphatic carbocycles. The van der Waals surface area contributed by atoms with Crippen LogP contribution in [0.3, 0.4) is 0 Å². The number of fused-ring (bicyclic) bond motifs is 1. The Kier molecular flexibility index (Phi) is 1.77. The second-order valence-electron chi connectivity index (χ2n) is 3.73. The zero-order valence-electron chi connectivity index (χ0n) is 7.86. The molecule has 3 heterocycles. The zero-order valence-corrected chi connectivity index (χ0v) is 7.86. The van der Waals surface area contributed by atoms with Gasteiger partial charge >= 0.3 is 0 Å². The Morgan fingerprint density at radius 1 is 1.50 bits per heavy atom. The Bertz CT molecular complexity index is 410. The SMILES string of the molecule is c1cnc2cc(C3CCNC3)oc2c1. The lowest BCUT2D eigenvalue weighted by Crippen LogP contribution is -2.07. The van der Waals surface area contributed by atoms with Crippen molar-refractivity contribution in [3.63, 3.8) is 0 Å². The average molecular weight is 188 g/mol. The van der Waals surface area contributed by atoms with Gasteiger partial charge in [-0.1, -0.05) is 0 Å². The van der Waals surface area contributed by atoms with Gasteiger partial charge in [0.1, 0.15) is 11.3 Å². The number of aromatic nitrogens is 1. The largest absolute Gasteiger partial charge is 0.459 e. The number of rotatable bonds is 1. The third kappa shape index (κ3) is 1.21. The Morgan fingerprint density at radius 2 is 2.50 bits per heavy atom. The van der Waals surface area contributed by atoms with E-state index in [0.717, 1.165) is 29.9 Å². The first-order valence-corrected chi connectivity index (χ1v) is 4.99. The van der Waals surface area contributed by atoms with E-state index in [1.165, 1.54) is 6.42 Å². The monoisotopic (exact) mass is 188 g/mol. The van der Waals surface area contributed by atoms with Crippen LogP contribution < -0.4 is 5.32 Å². The molecule has 0 aromatic carbocycles. The molecular weight excluding hydrogens is 176 g/mol. The molecule has 2 aromatic rings. The van der Waals surface area contributed by atoms with Crippen LogP contribution in [0.2, 0.25) is 0 Å². The molecule has 1 fully saturated rings. The Balaban J connectivity index is 2.05. The molecule has 14 heavy (non-hydrogen) atoms. The number of furan rings is 1. The second-order valence-corrected chi connectivity index (χ2v) is 3.73. The van der Waals surface area contributed by atoms with E-state index in [1.807, 2.05) is 12.1 Å². The van der Waals surface area contributed by atoms with E-state index in [9.17, 15) is 0 Å². The van der Waals surface area contributed by atoms with Crippen LogP contribution in [0.1, 0.15) is 18.1 Å². The van der Waals surface area contributed by atoms with E-state index in [2.05, 4.69) is 16.4 Å². The summed E-state index contributed by atoms with van der Waals surface area (Å²) in [7, 11) is 0. The highest BCUT2D eigenvalue weighted by molar-refractivity contribution is 5.72. The van der Waals surface area contributed by atoms with E-state index < -0.39 is 0 Å². The van der Waals surface area contributed by atoms with Crippen molar-refractivity contribution in [2.45, 2.75) is 12.3 Å². The highest BCUT2D eigenvalue weighted by Crippen LogP contribution is 2.27. The van der Waals surface area contributed by atoms with Crippen molar-refractivity contribution in [1.29, 1.82) is 0 Å². The lowest BCUT2D eigenvalue weighted by molar-refractivity contribution is 0.505. The van der Waals surface area contributed by atoms with E-state index in [4.69, 9.17) is 4.42 Å². The number of hydrogen-bond donors (Lipinski definition) is 1. The smallest absolute Gasteiger partial charge is 0.152 e. The lowest BCUT2D eigenvalue weighted by Gasteiger charge is -2.01. The standard InChI is InChI=1S/C11H12N2O/c1-2-10-9(13-4-1)6-11(14-10)8-3-5-12-7-8/h1-2,4,6,8,12H,3,5,7H2. The molecule has 0 amide bonds. The molecule has 2 aromatic heterocycles. The molecule has 1 unspecified atom stereocenters.